The van der Waals surface area contributed by atoms with E-state index in [9.17, 15) is 9.90 Å². The minimum absolute atomic E-state index is 0.131. The minimum atomic E-state index is -1.03. The number of fused-ring (bicyclic) bond motifs is 1. The highest BCUT2D eigenvalue weighted by molar-refractivity contribution is 6.31. The van der Waals surface area contributed by atoms with Crippen LogP contribution in [-0.4, -0.2) is 21.0 Å². The molecule has 2 aromatic carbocycles. The molecule has 0 bridgehead atoms. The molecule has 0 saturated carbocycles. The number of nitrogens with zero attached hydrogens (tertiary/aromatic N) is 1. The lowest BCUT2D eigenvalue weighted by Crippen LogP contribution is -2.00. The van der Waals surface area contributed by atoms with E-state index in [2.05, 4.69) is 9.97 Å². The lowest BCUT2D eigenvalue weighted by Gasteiger charge is -2.03. The van der Waals surface area contributed by atoms with Crippen LogP contribution in [0, 0.1) is 0 Å². The number of aromatic nitrogens is 2. The van der Waals surface area contributed by atoms with Crippen LogP contribution in [0.1, 0.15) is 10.4 Å². The van der Waals surface area contributed by atoms with Gasteiger partial charge >= 0.3 is 5.97 Å². The lowest BCUT2D eigenvalue weighted by atomic mass is 10.1. The molecule has 3 rings (SSSR count). The van der Waals surface area contributed by atoms with Crippen molar-refractivity contribution in [2.45, 2.75) is 0 Å². The Bertz CT molecular complexity index is 747. The van der Waals surface area contributed by atoms with Crippen molar-refractivity contribution in [3.63, 3.8) is 0 Å². The fraction of sp³-hybridized carbons (Fsp3) is 0. The first kappa shape index (κ1) is 11.7. The van der Waals surface area contributed by atoms with Gasteiger partial charge in [-0.05, 0) is 30.3 Å². The molecular weight excluding hydrogens is 264 g/mol. The second-order valence-electron chi connectivity index (χ2n) is 4.10. The highest BCUT2D eigenvalue weighted by Crippen LogP contribution is 2.26. The van der Waals surface area contributed by atoms with Crippen LogP contribution in [0.3, 0.4) is 0 Å². The van der Waals surface area contributed by atoms with Crippen LogP contribution < -0.4 is 0 Å². The lowest BCUT2D eigenvalue weighted by molar-refractivity contribution is 0.0697. The maximum atomic E-state index is 11.3. The van der Waals surface area contributed by atoms with Crippen molar-refractivity contribution < 1.29 is 9.90 Å². The summed E-state index contributed by atoms with van der Waals surface area (Å²) in [5.41, 5.74) is 2.31. The number of halogens is 1. The molecule has 4 nitrogen and oxygen atoms in total. The number of rotatable bonds is 2. The number of carbonyl (C=O) groups is 1. The number of aromatic amines is 1. The van der Waals surface area contributed by atoms with E-state index in [1.165, 1.54) is 6.07 Å². The summed E-state index contributed by atoms with van der Waals surface area (Å²) in [6.07, 6.45) is 0. The van der Waals surface area contributed by atoms with Gasteiger partial charge in [0, 0.05) is 10.6 Å². The van der Waals surface area contributed by atoms with E-state index in [-0.39, 0.29) is 5.56 Å². The summed E-state index contributed by atoms with van der Waals surface area (Å²) < 4.78 is 0. The molecule has 0 fully saturated rings. The van der Waals surface area contributed by atoms with E-state index < -0.39 is 5.97 Å². The molecule has 0 aliphatic heterocycles. The third kappa shape index (κ3) is 2.06. The Balaban J connectivity index is 2.23. The molecule has 1 aromatic heterocycles. The predicted molar refractivity (Wildman–Crippen MR) is 73.5 cm³/mol. The number of H-pyrrole nitrogens is 1. The van der Waals surface area contributed by atoms with Crippen LogP contribution >= 0.6 is 11.6 Å². The molecule has 0 atom stereocenters. The van der Waals surface area contributed by atoms with Crippen LogP contribution in [-0.2, 0) is 0 Å². The number of para-hydroxylation sites is 2. The van der Waals surface area contributed by atoms with Crippen molar-refractivity contribution in [2.24, 2.45) is 0 Å². The van der Waals surface area contributed by atoms with Crippen molar-refractivity contribution >= 4 is 28.6 Å². The van der Waals surface area contributed by atoms with Gasteiger partial charge in [-0.3, -0.25) is 0 Å². The fourth-order valence-corrected chi connectivity index (χ4v) is 2.15. The maximum absolute atomic E-state index is 11.3. The Morgan fingerprint density at radius 2 is 2.00 bits per heavy atom. The van der Waals surface area contributed by atoms with Gasteiger partial charge < -0.3 is 10.1 Å². The number of aromatic carboxylic acids is 1. The Labute approximate surface area is 113 Å². The second kappa shape index (κ2) is 4.40. The molecule has 5 heteroatoms. The molecule has 0 aliphatic rings. The molecule has 0 spiro atoms. The number of imidazole rings is 1. The molecule has 0 unspecified atom stereocenters. The average molecular weight is 273 g/mol. The summed E-state index contributed by atoms with van der Waals surface area (Å²) in [7, 11) is 0. The zero-order valence-corrected chi connectivity index (χ0v) is 10.5. The zero-order chi connectivity index (χ0) is 13.4. The van der Waals surface area contributed by atoms with Crippen LogP contribution in [0.15, 0.2) is 42.5 Å². The van der Waals surface area contributed by atoms with Crippen LogP contribution in [0.25, 0.3) is 22.4 Å². The summed E-state index contributed by atoms with van der Waals surface area (Å²) in [4.78, 5) is 18.8. The largest absolute Gasteiger partial charge is 0.478 e. The van der Waals surface area contributed by atoms with Crippen LogP contribution in [0.5, 0.6) is 0 Å². The fourth-order valence-electron chi connectivity index (χ4n) is 1.98. The zero-order valence-electron chi connectivity index (χ0n) is 9.72. The van der Waals surface area contributed by atoms with Gasteiger partial charge in [-0.15, -0.1) is 0 Å². The summed E-state index contributed by atoms with van der Waals surface area (Å²) in [5.74, 6) is -0.506. The summed E-state index contributed by atoms with van der Waals surface area (Å²) in [6.45, 7) is 0. The van der Waals surface area contributed by atoms with Gasteiger partial charge in [0.1, 0.15) is 5.82 Å². The van der Waals surface area contributed by atoms with Gasteiger partial charge in [0.15, 0.2) is 0 Å². The Morgan fingerprint density at radius 1 is 1.21 bits per heavy atom. The number of carboxylic acids is 1. The molecule has 3 aromatic rings. The van der Waals surface area contributed by atoms with E-state index in [0.717, 1.165) is 11.0 Å². The van der Waals surface area contributed by atoms with E-state index in [1.807, 2.05) is 24.3 Å². The molecule has 2 N–H and O–H groups in total. The number of hydrogen-bond donors (Lipinski definition) is 2. The molecular formula is C14H9ClN2O2. The first-order valence-electron chi connectivity index (χ1n) is 5.63. The Kier molecular flexibility index (Phi) is 2.72. The Hall–Kier alpha value is -2.33. The monoisotopic (exact) mass is 272 g/mol. The van der Waals surface area contributed by atoms with E-state index in [0.29, 0.717) is 16.4 Å². The minimum Gasteiger partial charge on any atom is -0.478 e. The standard InChI is InChI=1S/C14H9ClN2O2/c15-8-5-6-9(10(7-8)14(18)19)13-16-11-3-1-2-4-12(11)17-13/h1-7H,(H,16,17)(H,18,19). The predicted octanol–water partition coefficient (Wildman–Crippen LogP) is 3.58. The molecule has 0 aliphatic carbocycles. The highest BCUT2D eigenvalue weighted by atomic mass is 35.5. The van der Waals surface area contributed by atoms with Crippen molar-refractivity contribution in [3.05, 3.63) is 53.1 Å². The molecule has 19 heavy (non-hydrogen) atoms. The Morgan fingerprint density at radius 3 is 2.74 bits per heavy atom. The normalized spacial score (nSPS) is 10.8. The molecule has 1 heterocycles. The second-order valence-corrected chi connectivity index (χ2v) is 4.53. The third-order valence-electron chi connectivity index (χ3n) is 2.86. The number of nitrogens with one attached hydrogen (secondary N) is 1. The first-order valence-corrected chi connectivity index (χ1v) is 6.01. The average Bonchev–Trinajstić information content (AvgIpc) is 2.82. The molecule has 0 radical (unpaired) electrons. The first-order chi connectivity index (χ1) is 9.15. The van der Waals surface area contributed by atoms with Crippen LogP contribution in [0.2, 0.25) is 5.02 Å². The molecule has 94 valence electrons. The smallest absolute Gasteiger partial charge is 0.336 e. The summed E-state index contributed by atoms with van der Waals surface area (Å²) >= 11 is 5.83. The number of hydrogen-bond acceptors (Lipinski definition) is 2. The van der Waals surface area contributed by atoms with E-state index in [4.69, 9.17) is 11.6 Å². The van der Waals surface area contributed by atoms with Gasteiger partial charge in [-0.1, -0.05) is 23.7 Å². The summed E-state index contributed by atoms with van der Waals surface area (Å²) in [6, 6.07) is 12.3. The van der Waals surface area contributed by atoms with Gasteiger partial charge in [0.05, 0.1) is 16.6 Å². The van der Waals surface area contributed by atoms with E-state index in [1.54, 1.807) is 12.1 Å². The van der Waals surface area contributed by atoms with Crippen molar-refractivity contribution in [3.8, 4) is 11.4 Å². The summed E-state index contributed by atoms with van der Waals surface area (Å²) in [5, 5.41) is 9.61. The number of benzene rings is 2. The topological polar surface area (TPSA) is 66.0 Å². The van der Waals surface area contributed by atoms with Crippen molar-refractivity contribution in [2.75, 3.05) is 0 Å². The van der Waals surface area contributed by atoms with Gasteiger partial charge in [-0.2, -0.15) is 0 Å². The third-order valence-corrected chi connectivity index (χ3v) is 3.09. The SMILES string of the molecule is O=C(O)c1cc(Cl)ccc1-c1nc2ccccc2[nH]1. The van der Waals surface area contributed by atoms with Crippen molar-refractivity contribution in [1.82, 2.24) is 9.97 Å². The maximum Gasteiger partial charge on any atom is 0.336 e. The molecule has 0 amide bonds. The van der Waals surface area contributed by atoms with E-state index >= 15 is 0 Å². The van der Waals surface area contributed by atoms with Crippen LogP contribution in [0.4, 0.5) is 0 Å². The number of carboxylic acid groups (broad SMARTS) is 1. The quantitative estimate of drug-likeness (QED) is 0.749. The van der Waals surface area contributed by atoms with Gasteiger partial charge in [0.25, 0.3) is 0 Å². The van der Waals surface area contributed by atoms with Gasteiger partial charge in [0.2, 0.25) is 0 Å². The highest BCUT2D eigenvalue weighted by Gasteiger charge is 2.15. The van der Waals surface area contributed by atoms with Crippen molar-refractivity contribution in [1.29, 1.82) is 0 Å². The van der Waals surface area contributed by atoms with Gasteiger partial charge in [-0.25, -0.2) is 9.78 Å². The molecule has 0 saturated heterocycles.